The number of nitrogens with one attached hydrogen (secondary N) is 3. The number of aromatic amines is 1. The van der Waals surface area contributed by atoms with Crippen molar-refractivity contribution in [2.75, 3.05) is 10.6 Å². The van der Waals surface area contributed by atoms with Crippen molar-refractivity contribution in [2.45, 2.75) is 20.3 Å². The Kier molecular flexibility index (Phi) is 6.48. The van der Waals surface area contributed by atoms with Crippen LogP contribution in [0.2, 0.25) is 10.0 Å². The minimum absolute atomic E-state index is 0.196. The summed E-state index contributed by atoms with van der Waals surface area (Å²) in [5.74, 6) is 0.514. The maximum Gasteiger partial charge on any atom is 0.324 e. The highest BCUT2D eigenvalue weighted by molar-refractivity contribution is 6.42. The summed E-state index contributed by atoms with van der Waals surface area (Å²) in [4.78, 5) is 32.5. The third kappa shape index (κ3) is 4.92. The molecule has 10 heteroatoms. The van der Waals surface area contributed by atoms with Crippen LogP contribution in [0.3, 0.4) is 0 Å². The average molecular weight is 483 g/mol. The van der Waals surface area contributed by atoms with Gasteiger partial charge in [0.1, 0.15) is 5.82 Å². The molecule has 2 amide bonds. The molecule has 4 aromatic rings. The quantitative estimate of drug-likeness (QED) is 0.351. The number of amides is 2. The van der Waals surface area contributed by atoms with Gasteiger partial charge in [0.15, 0.2) is 0 Å². The second kappa shape index (κ2) is 9.48. The highest BCUT2D eigenvalue weighted by Gasteiger charge is 2.17. The SMILES string of the molecule is CCc1c(C)nc(-n2nc(-c3ccccc3)cc2NC(=O)Nc2ccc(Cl)c(Cl)c2)[nH]c1=O. The summed E-state index contributed by atoms with van der Waals surface area (Å²) in [7, 11) is 0. The van der Waals surface area contributed by atoms with Crippen molar-refractivity contribution in [2.24, 2.45) is 0 Å². The zero-order valence-electron chi connectivity index (χ0n) is 17.8. The smallest absolute Gasteiger partial charge is 0.308 e. The summed E-state index contributed by atoms with van der Waals surface area (Å²) in [6, 6.07) is 15.4. The molecule has 0 atom stereocenters. The number of aromatic nitrogens is 4. The van der Waals surface area contributed by atoms with Crippen molar-refractivity contribution < 1.29 is 4.79 Å². The molecule has 2 aromatic heterocycles. The molecule has 0 fully saturated rings. The van der Waals surface area contributed by atoms with Gasteiger partial charge in [-0.15, -0.1) is 0 Å². The molecular weight excluding hydrogens is 463 g/mol. The van der Waals surface area contributed by atoms with Crippen molar-refractivity contribution in [3.8, 4) is 17.2 Å². The van der Waals surface area contributed by atoms with Crippen LogP contribution in [-0.2, 0) is 6.42 Å². The van der Waals surface area contributed by atoms with Crippen LogP contribution in [0.25, 0.3) is 17.2 Å². The summed E-state index contributed by atoms with van der Waals surface area (Å²) < 4.78 is 1.39. The van der Waals surface area contributed by atoms with Gasteiger partial charge in [-0.3, -0.25) is 15.1 Å². The number of H-pyrrole nitrogens is 1. The lowest BCUT2D eigenvalue weighted by atomic mass is 10.2. The molecule has 33 heavy (non-hydrogen) atoms. The first-order chi connectivity index (χ1) is 15.9. The Morgan fingerprint density at radius 3 is 2.48 bits per heavy atom. The van der Waals surface area contributed by atoms with Crippen LogP contribution in [-0.4, -0.2) is 25.8 Å². The Labute approximate surface area is 199 Å². The van der Waals surface area contributed by atoms with E-state index in [0.29, 0.717) is 44.9 Å². The molecule has 3 N–H and O–H groups in total. The van der Waals surface area contributed by atoms with Crippen LogP contribution in [0.5, 0.6) is 0 Å². The van der Waals surface area contributed by atoms with E-state index < -0.39 is 6.03 Å². The molecule has 4 rings (SSSR count). The molecule has 2 heterocycles. The lowest BCUT2D eigenvalue weighted by molar-refractivity contribution is 0.262. The second-order valence-electron chi connectivity index (χ2n) is 7.21. The standard InChI is InChI=1S/C23H20Cl2N6O2/c1-3-16-13(2)26-22(29-21(16)32)31-20(12-19(30-31)14-7-5-4-6-8-14)28-23(33)27-15-9-10-17(24)18(25)11-15/h4-12H,3H2,1-2H3,(H,26,29,32)(H2,27,28,33). The molecule has 0 aliphatic rings. The predicted octanol–water partition coefficient (Wildman–Crippen LogP) is 5.44. The molecule has 0 spiro atoms. The lowest BCUT2D eigenvalue weighted by Crippen LogP contribution is -2.24. The summed E-state index contributed by atoms with van der Waals surface area (Å²) in [5, 5.41) is 10.7. The zero-order chi connectivity index (χ0) is 23.5. The first-order valence-corrected chi connectivity index (χ1v) is 10.9. The lowest BCUT2D eigenvalue weighted by Gasteiger charge is -2.11. The second-order valence-corrected chi connectivity index (χ2v) is 8.02. The molecular formula is C23H20Cl2N6O2. The number of hydrogen-bond acceptors (Lipinski definition) is 4. The minimum Gasteiger partial charge on any atom is -0.308 e. The van der Waals surface area contributed by atoms with Crippen molar-refractivity contribution in [3.63, 3.8) is 0 Å². The fraction of sp³-hybridized carbons (Fsp3) is 0.130. The average Bonchev–Trinajstić information content (AvgIpc) is 3.20. The monoisotopic (exact) mass is 482 g/mol. The zero-order valence-corrected chi connectivity index (χ0v) is 19.3. The third-order valence-electron chi connectivity index (χ3n) is 4.96. The third-order valence-corrected chi connectivity index (χ3v) is 5.70. The highest BCUT2D eigenvalue weighted by Crippen LogP contribution is 2.26. The van der Waals surface area contributed by atoms with E-state index in [1.165, 1.54) is 4.68 Å². The molecule has 0 radical (unpaired) electrons. The Balaban J connectivity index is 1.71. The number of anilines is 2. The number of benzene rings is 2. The summed E-state index contributed by atoms with van der Waals surface area (Å²) >= 11 is 12.0. The molecule has 0 saturated carbocycles. The van der Waals surface area contributed by atoms with Gasteiger partial charge in [-0.05, 0) is 31.5 Å². The Bertz CT molecular complexity index is 1380. The maximum atomic E-state index is 12.7. The number of hydrogen-bond donors (Lipinski definition) is 3. The van der Waals surface area contributed by atoms with Crippen LogP contribution >= 0.6 is 23.2 Å². The van der Waals surface area contributed by atoms with Gasteiger partial charge >= 0.3 is 6.03 Å². The number of aryl methyl sites for hydroxylation is 1. The molecule has 2 aromatic carbocycles. The van der Waals surface area contributed by atoms with Crippen molar-refractivity contribution in [3.05, 3.63) is 86.3 Å². The van der Waals surface area contributed by atoms with Gasteiger partial charge in [0.25, 0.3) is 5.56 Å². The van der Waals surface area contributed by atoms with E-state index in [1.54, 1.807) is 31.2 Å². The largest absolute Gasteiger partial charge is 0.324 e. The fourth-order valence-corrected chi connectivity index (χ4v) is 3.64. The topological polar surface area (TPSA) is 105 Å². The van der Waals surface area contributed by atoms with Gasteiger partial charge in [-0.25, -0.2) is 9.78 Å². The van der Waals surface area contributed by atoms with E-state index >= 15 is 0 Å². The van der Waals surface area contributed by atoms with Crippen molar-refractivity contribution in [1.82, 2.24) is 19.7 Å². The van der Waals surface area contributed by atoms with E-state index in [9.17, 15) is 9.59 Å². The van der Waals surface area contributed by atoms with Gasteiger partial charge in [-0.1, -0.05) is 60.5 Å². The first-order valence-electron chi connectivity index (χ1n) is 10.1. The molecule has 8 nitrogen and oxygen atoms in total. The van der Waals surface area contributed by atoms with Gasteiger partial charge in [0.05, 0.1) is 15.7 Å². The summed E-state index contributed by atoms with van der Waals surface area (Å²) in [6.45, 7) is 3.66. The number of urea groups is 1. The number of rotatable bonds is 5. The molecule has 0 aliphatic heterocycles. The number of nitrogens with zero attached hydrogens (tertiary/aromatic N) is 3. The maximum absolute atomic E-state index is 12.7. The highest BCUT2D eigenvalue weighted by atomic mass is 35.5. The minimum atomic E-state index is -0.529. The molecule has 0 aliphatic carbocycles. The number of carbonyl (C=O) groups is 1. The molecule has 0 saturated heterocycles. The van der Waals surface area contributed by atoms with Gasteiger partial charge in [0, 0.05) is 28.6 Å². The van der Waals surface area contributed by atoms with E-state index in [0.717, 1.165) is 5.56 Å². The molecule has 168 valence electrons. The molecule has 0 unspecified atom stereocenters. The van der Waals surface area contributed by atoms with Crippen molar-refractivity contribution >= 4 is 40.7 Å². The summed E-state index contributed by atoms with van der Waals surface area (Å²) in [6.07, 6.45) is 0.556. The Morgan fingerprint density at radius 2 is 1.82 bits per heavy atom. The summed E-state index contributed by atoms with van der Waals surface area (Å²) in [5.41, 5.74) is 2.85. The van der Waals surface area contributed by atoms with Crippen LogP contribution in [0.1, 0.15) is 18.2 Å². The van der Waals surface area contributed by atoms with Gasteiger partial charge in [-0.2, -0.15) is 9.78 Å². The fourth-order valence-electron chi connectivity index (χ4n) is 3.35. The number of carbonyl (C=O) groups excluding carboxylic acids is 1. The molecule has 0 bridgehead atoms. The van der Waals surface area contributed by atoms with E-state index in [1.807, 2.05) is 37.3 Å². The predicted molar refractivity (Wildman–Crippen MR) is 131 cm³/mol. The van der Waals surface area contributed by atoms with Crippen LogP contribution in [0.4, 0.5) is 16.3 Å². The van der Waals surface area contributed by atoms with Crippen LogP contribution < -0.4 is 16.2 Å². The Hall–Kier alpha value is -3.62. The van der Waals surface area contributed by atoms with E-state index in [-0.39, 0.29) is 11.5 Å². The first kappa shape index (κ1) is 22.6. The van der Waals surface area contributed by atoms with Gasteiger partial charge in [0.2, 0.25) is 5.95 Å². The van der Waals surface area contributed by atoms with Crippen molar-refractivity contribution in [1.29, 1.82) is 0 Å². The van der Waals surface area contributed by atoms with Gasteiger partial charge < -0.3 is 5.32 Å². The van der Waals surface area contributed by atoms with Crippen LogP contribution in [0.15, 0.2) is 59.4 Å². The normalized spacial score (nSPS) is 10.8. The Morgan fingerprint density at radius 1 is 1.06 bits per heavy atom. The van der Waals surface area contributed by atoms with Crippen LogP contribution in [0, 0.1) is 6.92 Å². The van der Waals surface area contributed by atoms with E-state index in [4.69, 9.17) is 23.2 Å². The number of halogens is 2. The van der Waals surface area contributed by atoms with E-state index in [2.05, 4.69) is 25.7 Å².